The fourth-order valence-electron chi connectivity index (χ4n) is 1.66. The molecular weight excluding hydrogens is 210 g/mol. The van der Waals surface area contributed by atoms with Crippen LogP contribution in [0.15, 0.2) is 24.3 Å². The Morgan fingerprint density at radius 3 is 2.73 bits per heavy atom. The van der Waals surface area contributed by atoms with Crippen molar-refractivity contribution in [1.29, 1.82) is 0 Å². The van der Waals surface area contributed by atoms with Crippen LogP contribution in [0.4, 0.5) is 5.69 Å². The van der Waals surface area contributed by atoms with Crippen molar-refractivity contribution in [1.82, 2.24) is 0 Å². The Balaban J connectivity index is 2.28. The summed E-state index contributed by atoms with van der Waals surface area (Å²) in [6.45, 7) is 4.67. The minimum atomic E-state index is -1.31. The molecule has 1 saturated heterocycles. The van der Waals surface area contributed by atoms with Gasteiger partial charge in [0.25, 0.3) is 11.3 Å². The lowest BCUT2D eigenvalue weighted by Gasteiger charge is -2.20. The summed E-state index contributed by atoms with van der Waals surface area (Å²) < 4.78 is 18.6. The lowest BCUT2D eigenvalue weighted by atomic mass is 10.2. The summed E-state index contributed by atoms with van der Waals surface area (Å²) in [5, 5.41) is 0. The second kappa shape index (κ2) is 4.33. The first-order valence-electron chi connectivity index (χ1n) is 5.13. The molecule has 3 nitrogen and oxygen atoms in total. The third kappa shape index (κ3) is 2.06. The molecule has 1 fully saturated rings. The van der Waals surface area contributed by atoms with Crippen LogP contribution < -0.4 is 4.31 Å². The number of hydrogen-bond donors (Lipinski definition) is 0. The van der Waals surface area contributed by atoms with Crippen LogP contribution in [0.25, 0.3) is 0 Å². The second-order valence-electron chi connectivity index (χ2n) is 3.73. The van der Waals surface area contributed by atoms with Crippen LogP contribution >= 0.6 is 0 Å². The number of nitrogens with zero attached hydrogens (tertiary/aromatic N) is 1. The van der Waals surface area contributed by atoms with E-state index in [-0.39, 0.29) is 6.04 Å². The topological polar surface area (TPSA) is 29.5 Å². The van der Waals surface area contributed by atoms with E-state index < -0.39 is 11.3 Å². The van der Waals surface area contributed by atoms with Gasteiger partial charge in [-0.3, -0.25) is 8.49 Å². The van der Waals surface area contributed by atoms with Gasteiger partial charge in [0, 0.05) is 0 Å². The normalized spacial score (nSPS) is 25.9. The van der Waals surface area contributed by atoms with E-state index in [9.17, 15) is 4.21 Å². The first kappa shape index (κ1) is 10.6. The van der Waals surface area contributed by atoms with E-state index in [1.807, 2.05) is 35.5 Å². The van der Waals surface area contributed by atoms with Crippen LogP contribution in [0.2, 0.25) is 0 Å². The SMILES string of the molecule is CC[C@@H]1COS(=O)N1c1ccc(C)cc1. The van der Waals surface area contributed by atoms with Crippen LogP contribution in [-0.4, -0.2) is 16.9 Å². The van der Waals surface area contributed by atoms with Gasteiger partial charge in [0.2, 0.25) is 0 Å². The number of aryl methyl sites for hydroxylation is 1. The van der Waals surface area contributed by atoms with Crippen LogP contribution in [0.5, 0.6) is 0 Å². The minimum Gasteiger partial charge on any atom is -0.272 e. The molecule has 0 radical (unpaired) electrons. The standard InChI is InChI=1S/C11H15NO2S/c1-3-10-8-14-15(13)12(10)11-6-4-9(2)5-7-11/h4-7,10H,3,8H2,1-2H3/t10-,15?/m1/s1. The molecule has 0 amide bonds. The summed E-state index contributed by atoms with van der Waals surface area (Å²) in [7, 11) is 0. The van der Waals surface area contributed by atoms with E-state index in [1.165, 1.54) is 5.56 Å². The summed E-state index contributed by atoms with van der Waals surface area (Å²) in [5.74, 6) is 0. The average Bonchev–Trinajstić information content (AvgIpc) is 2.61. The molecule has 1 unspecified atom stereocenters. The molecule has 0 aliphatic carbocycles. The average molecular weight is 225 g/mol. The summed E-state index contributed by atoms with van der Waals surface area (Å²) in [6.07, 6.45) is 0.944. The van der Waals surface area contributed by atoms with Gasteiger partial charge >= 0.3 is 0 Å². The van der Waals surface area contributed by atoms with Gasteiger partial charge in [0.05, 0.1) is 18.3 Å². The molecule has 1 aliphatic heterocycles. The molecule has 1 aromatic rings. The molecular formula is C11H15NO2S. The maximum absolute atomic E-state index is 11.6. The highest BCUT2D eigenvalue weighted by molar-refractivity contribution is 7.82. The molecule has 15 heavy (non-hydrogen) atoms. The lowest BCUT2D eigenvalue weighted by Crippen LogP contribution is -2.30. The molecule has 0 spiro atoms. The molecule has 0 N–H and O–H groups in total. The second-order valence-corrected chi connectivity index (χ2v) is 4.79. The highest BCUT2D eigenvalue weighted by Gasteiger charge is 2.31. The van der Waals surface area contributed by atoms with E-state index in [4.69, 9.17) is 4.18 Å². The van der Waals surface area contributed by atoms with E-state index in [0.717, 1.165) is 12.1 Å². The number of hydrogen-bond acceptors (Lipinski definition) is 2. The van der Waals surface area contributed by atoms with Crippen molar-refractivity contribution in [2.75, 3.05) is 10.9 Å². The third-order valence-corrected chi connectivity index (χ3v) is 3.78. The maximum Gasteiger partial charge on any atom is 0.264 e. The quantitative estimate of drug-likeness (QED) is 0.772. The fourth-order valence-corrected chi connectivity index (χ4v) is 2.79. The van der Waals surface area contributed by atoms with Crippen LogP contribution in [0, 0.1) is 6.92 Å². The van der Waals surface area contributed by atoms with Crippen LogP contribution in [0.1, 0.15) is 18.9 Å². The Bertz CT molecular complexity index is 363. The van der Waals surface area contributed by atoms with Gasteiger partial charge in [-0.2, -0.15) is 0 Å². The molecule has 0 saturated carbocycles. The predicted octanol–water partition coefficient (Wildman–Crippen LogP) is 2.19. The van der Waals surface area contributed by atoms with Crippen LogP contribution in [0.3, 0.4) is 0 Å². The van der Waals surface area contributed by atoms with Gasteiger partial charge in [-0.25, -0.2) is 4.21 Å². The Labute approximate surface area is 92.8 Å². The lowest BCUT2D eigenvalue weighted by molar-refractivity contribution is 0.355. The van der Waals surface area contributed by atoms with Crippen molar-refractivity contribution >= 4 is 17.0 Å². The highest BCUT2D eigenvalue weighted by Crippen LogP contribution is 2.26. The van der Waals surface area contributed by atoms with Crippen molar-refractivity contribution in [2.45, 2.75) is 26.3 Å². The largest absolute Gasteiger partial charge is 0.272 e. The van der Waals surface area contributed by atoms with Crippen molar-refractivity contribution < 1.29 is 8.39 Å². The Morgan fingerprint density at radius 1 is 1.47 bits per heavy atom. The molecule has 4 heteroatoms. The minimum absolute atomic E-state index is 0.230. The Morgan fingerprint density at radius 2 is 2.13 bits per heavy atom. The number of anilines is 1. The Hall–Kier alpha value is -0.870. The summed E-state index contributed by atoms with van der Waals surface area (Å²) in [5.41, 5.74) is 2.18. The molecule has 1 aliphatic rings. The van der Waals surface area contributed by atoms with Crippen molar-refractivity contribution in [3.8, 4) is 0 Å². The van der Waals surface area contributed by atoms with Crippen molar-refractivity contribution in [3.63, 3.8) is 0 Å². The first-order valence-corrected chi connectivity index (χ1v) is 6.16. The third-order valence-electron chi connectivity index (χ3n) is 2.61. The van der Waals surface area contributed by atoms with Crippen LogP contribution in [-0.2, 0) is 15.4 Å². The summed E-state index contributed by atoms with van der Waals surface area (Å²) in [4.78, 5) is 0. The molecule has 0 bridgehead atoms. The zero-order valence-corrected chi connectivity index (χ0v) is 9.79. The smallest absolute Gasteiger partial charge is 0.264 e. The zero-order chi connectivity index (χ0) is 10.8. The van der Waals surface area contributed by atoms with Crippen molar-refractivity contribution in [2.24, 2.45) is 0 Å². The zero-order valence-electron chi connectivity index (χ0n) is 8.97. The molecule has 2 atom stereocenters. The highest BCUT2D eigenvalue weighted by atomic mass is 32.2. The van der Waals surface area contributed by atoms with Crippen molar-refractivity contribution in [3.05, 3.63) is 29.8 Å². The maximum atomic E-state index is 11.6. The Kier molecular flexibility index (Phi) is 3.07. The van der Waals surface area contributed by atoms with Gasteiger partial charge in [-0.15, -0.1) is 0 Å². The van der Waals surface area contributed by atoms with E-state index in [1.54, 1.807) is 0 Å². The predicted molar refractivity (Wildman–Crippen MR) is 61.8 cm³/mol. The van der Waals surface area contributed by atoms with Gasteiger partial charge in [0.1, 0.15) is 0 Å². The molecule has 82 valence electrons. The molecule has 1 aromatic carbocycles. The number of rotatable bonds is 2. The fraction of sp³-hybridized carbons (Fsp3) is 0.455. The monoisotopic (exact) mass is 225 g/mol. The summed E-state index contributed by atoms with van der Waals surface area (Å²) in [6, 6.07) is 8.26. The van der Waals surface area contributed by atoms with Gasteiger partial charge in [-0.1, -0.05) is 24.6 Å². The van der Waals surface area contributed by atoms with E-state index >= 15 is 0 Å². The van der Waals surface area contributed by atoms with E-state index in [2.05, 4.69) is 6.92 Å². The first-order chi connectivity index (χ1) is 7.22. The molecule has 2 rings (SSSR count). The van der Waals surface area contributed by atoms with Gasteiger partial charge < -0.3 is 0 Å². The molecule has 0 aromatic heterocycles. The molecule has 1 heterocycles. The van der Waals surface area contributed by atoms with Gasteiger partial charge in [0.15, 0.2) is 0 Å². The number of benzene rings is 1. The van der Waals surface area contributed by atoms with E-state index in [0.29, 0.717) is 6.61 Å². The summed E-state index contributed by atoms with van der Waals surface area (Å²) >= 11 is -1.31. The van der Waals surface area contributed by atoms with Gasteiger partial charge in [-0.05, 0) is 25.5 Å².